The van der Waals surface area contributed by atoms with E-state index in [1.54, 1.807) is 6.20 Å². The number of rotatable bonds is 3. The predicted molar refractivity (Wildman–Crippen MR) is 70.0 cm³/mol. The Morgan fingerprint density at radius 2 is 2.41 bits per heavy atom. The van der Waals surface area contributed by atoms with Gasteiger partial charge in [-0.1, -0.05) is 17.7 Å². The number of allylic oxidation sites excluding steroid dienone is 2. The molecule has 0 spiro atoms. The number of nitrogens with zero attached hydrogens (tertiary/aromatic N) is 1. The number of halogens is 2. The molecule has 0 amide bonds. The third-order valence-electron chi connectivity index (χ3n) is 2.31. The van der Waals surface area contributed by atoms with Gasteiger partial charge in [0.1, 0.15) is 11.2 Å². The standard InChI is InChI=1S/C11H10BrClN2O2/c12-11-9(13)2-1-7(5-15-11)4-14-8-3-10(16)17-6-8/h2-3,5,14H,1,4,6H2. The summed E-state index contributed by atoms with van der Waals surface area (Å²) in [4.78, 5) is 15.0. The van der Waals surface area contributed by atoms with E-state index in [1.807, 2.05) is 6.08 Å². The highest BCUT2D eigenvalue weighted by atomic mass is 79.9. The van der Waals surface area contributed by atoms with Crippen molar-refractivity contribution in [3.05, 3.63) is 34.7 Å². The first-order valence-electron chi connectivity index (χ1n) is 5.03. The molecule has 2 aliphatic heterocycles. The zero-order valence-corrected chi connectivity index (χ0v) is 11.2. The van der Waals surface area contributed by atoms with Gasteiger partial charge in [-0.05, 0) is 27.9 Å². The Labute approximate surface area is 112 Å². The maximum atomic E-state index is 10.8. The van der Waals surface area contributed by atoms with Gasteiger partial charge in [-0.2, -0.15) is 0 Å². The van der Waals surface area contributed by atoms with Crippen molar-refractivity contribution >= 4 is 38.1 Å². The quantitative estimate of drug-likeness (QED) is 0.812. The first kappa shape index (κ1) is 12.4. The highest BCUT2D eigenvalue weighted by Crippen LogP contribution is 2.18. The highest BCUT2D eigenvalue weighted by molar-refractivity contribution is 9.18. The van der Waals surface area contributed by atoms with E-state index in [4.69, 9.17) is 16.3 Å². The molecule has 90 valence electrons. The summed E-state index contributed by atoms with van der Waals surface area (Å²) in [6.45, 7) is 0.933. The molecule has 2 rings (SSSR count). The number of nitrogens with one attached hydrogen (secondary N) is 1. The van der Waals surface area contributed by atoms with Crippen LogP contribution in [0.1, 0.15) is 6.42 Å². The Kier molecular flexibility index (Phi) is 4.02. The molecule has 17 heavy (non-hydrogen) atoms. The largest absolute Gasteiger partial charge is 0.456 e. The van der Waals surface area contributed by atoms with Crippen molar-refractivity contribution in [1.29, 1.82) is 0 Å². The molecule has 0 aromatic heterocycles. The zero-order chi connectivity index (χ0) is 12.3. The van der Waals surface area contributed by atoms with Gasteiger partial charge >= 0.3 is 5.97 Å². The summed E-state index contributed by atoms with van der Waals surface area (Å²) in [5.74, 6) is -0.300. The average molecular weight is 318 g/mol. The van der Waals surface area contributed by atoms with Gasteiger partial charge in [0.2, 0.25) is 0 Å². The fourth-order valence-electron chi connectivity index (χ4n) is 1.39. The number of hydrogen-bond acceptors (Lipinski definition) is 4. The Morgan fingerprint density at radius 3 is 3.12 bits per heavy atom. The van der Waals surface area contributed by atoms with Crippen LogP contribution in [-0.4, -0.2) is 23.7 Å². The Hall–Kier alpha value is -1.07. The van der Waals surface area contributed by atoms with E-state index in [-0.39, 0.29) is 5.97 Å². The molecular formula is C11H10BrClN2O2. The van der Waals surface area contributed by atoms with Crippen molar-refractivity contribution in [2.24, 2.45) is 4.99 Å². The van der Waals surface area contributed by atoms with E-state index in [1.165, 1.54) is 6.08 Å². The lowest BCUT2D eigenvalue weighted by Gasteiger charge is -2.06. The molecule has 0 aromatic rings. The fraction of sp³-hybridized carbons (Fsp3) is 0.273. The number of ether oxygens (including phenoxy) is 1. The molecule has 4 nitrogen and oxygen atoms in total. The van der Waals surface area contributed by atoms with Crippen molar-refractivity contribution in [1.82, 2.24) is 5.32 Å². The Bertz CT molecular complexity index is 466. The van der Waals surface area contributed by atoms with Gasteiger partial charge < -0.3 is 10.1 Å². The van der Waals surface area contributed by atoms with E-state index >= 15 is 0 Å². The first-order chi connectivity index (χ1) is 8.15. The number of cyclic esters (lactones) is 1. The number of hydrogen-bond donors (Lipinski definition) is 1. The van der Waals surface area contributed by atoms with Gasteiger partial charge in [-0.3, -0.25) is 0 Å². The second-order valence-corrected chi connectivity index (χ2v) is 4.75. The molecule has 0 fully saturated rings. The summed E-state index contributed by atoms with van der Waals surface area (Å²) < 4.78 is 5.41. The summed E-state index contributed by atoms with van der Waals surface area (Å²) in [6.07, 6.45) is 5.84. The van der Waals surface area contributed by atoms with Crippen molar-refractivity contribution in [3.8, 4) is 0 Å². The molecule has 0 atom stereocenters. The molecular weight excluding hydrogens is 307 g/mol. The van der Waals surface area contributed by atoms with E-state index in [9.17, 15) is 4.79 Å². The summed E-state index contributed by atoms with van der Waals surface area (Å²) in [5.41, 5.74) is 1.87. The minimum Gasteiger partial charge on any atom is -0.456 e. The van der Waals surface area contributed by atoms with Crippen LogP contribution < -0.4 is 5.32 Å². The third kappa shape index (κ3) is 3.44. The van der Waals surface area contributed by atoms with Crippen LogP contribution in [0.5, 0.6) is 0 Å². The predicted octanol–water partition coefficient (Wildman–Crippen LogP) is 2.22. The molecule has 2 aliphatic rings. The number of carbonyl (C=O) groups excluding carboxylic acids is 1. The van der Waals surface area contributed by atoms with Crippen molar-refractivity contribution in [3.63, 3.8) is 0 Å². The molecule has 2 heterocycles. The van der Waals surface area contributed by atoms with E-state index in [0.29, 0.717) is 22.8 Å². The topological polar surface area (TPSA) is 50.7 Å². The van der Waals surface area contributed by atoms with Crippen LogP contribution in [0, 0.1) is 0 Å². The molecule has 0 unspecified atom stereocenters. The van der Waals surface area contributed by atoms with Crippen LogP contribution >= 0.6 is 27.5 Å². The first-order valence-corrected chi connectivity index (χ1v) is 6.20. The minimum absolute atomic E-state index is 0.300. The van der Waals surface area contributed by atoms with E-state index in [2.05, 4.69) is 26.2 Å². The maximum absolute atomic E-state index is 10.8. The molecule has 6 heteroatoms. The summed E-state index contributed by atoms with van der Waals surface area (Å²) in [6, 6.07) is 0. The lowest BCUT2D eigenvalue weighted by Crippen LogP contribution is -2.17. The second-order valence-electron chi connectivity index (χ2n) is 3.59. The number of aliphatic imine (C=N–C) groups is 1. The molecule has 0 saturated heterocycles. The SMILES string of the molecule is O=C1C=C(NCC2=CN=C(Br)C(Cl)=CC2)CO1. The number of carbonyl (C=O) groups is 1. The van der Waals surface area contributed by atoms with Crippen LogP contribution in [-0.2, 0) is 9.53 Å². The number of esters is 1. The van der Waals surface area contributed by atoms with Crippen LogP contribution in [0.25, 0.3) is 0 Å². The second kappa shape index (κ2) is 5.51. The molecule has 1 N–H and O–H groups in total. The van der Waals surface area contributed by atoms with Gasteiger partial charge in [0.15, 0.2) is 0 Å². The van der Waals surface area contributed by atoms with Crippen LogP contribution in [0.3, 0.4) is 0 Å². The molecule has 0 aromatic carbocycles. The summed E-state index contributed by atoms with van der Waals surface area (Å²) in [7, 11) is 0. The van der Waals surface area contributed by atoms with Gasteiger partial charge in [0.05, 0.1) is 10.7 Å². The summed E-state index contributed by atoms with van der Waals surface area (Å²) in [5, 5.41) is 3.74. The summed E-state index contributed by atoms with van der Waals surface area (Å²) >= 11 is 9.20. The Morgan fingerprint density at radius 1 is 1.59 bits per heavy atom. The molecule has 0 radical (unpaired) electrons. The van der Waals surface area contributed by atoms with Crippen LogP contribution in [0.2, 0.25) is 0 Å². The third-order valence-corrected chi connectivity index (χ3v) is 3.50. The maximum Gasteiger partial charge on any atom is 0.333 e. The van der Waals surface area contributed by atoms with Crippen molar-refractivity contribution in [2.75, 3.05) is 13.2 Å². The normalized spacial score (nSPS) is 19.8. The molecule has 0 aliphatic carbocycles. The van der Waals surface area contributed by atoms with Crippen LogP contribution in [0.4, 0.5) is 0 Å². The average Bonchev–Trinajstić information content (AvgIpc) is 2.66. The monoisotopic (exact) mass is 316 g/mol. The zero-order valence-electron chi connectivity index (χ0n) is 8.87. The van der Waals surface area contributed by atoms with Crippen molar-refractivity contribution < 1.29 is 9.53 Å². The minimum atomic E-state index is -0.300. The van der Waals surface area contributed by atoms with Crippen molar-refractivity contribution in [2.45, 2.75) is 6.42 Å². The smallest absolute Gasteiger partial charge is 0.333 e. The lowest BCUT2D eigenvalue weighted by molar-refractivity contribution is -0.134. The highest BCUT2D eigenvalue weighted by Gasteiger charge is 2.12. The molecule has 0 bridgehead atoms. The van der Waals surface area contributed by atoms with E-state index in [0.717, 1.165) is 17.7 Å². The van der Waals surface area contributed by atoms with E-state index < -0.39 is 0 Å². The van der Waals surface area contributed by atoms with Gasteiger partial charge in [0, 0.05) is 18.8 Å². The molecule has 0 saturated carbocycles. The van der Waals surface area contributed by atoms with Gasteiger partial charge in [-0.15, -0.1) is 0 Å². The van der Waals surface area contributed by atoms with Gasteiger partial charge in [-0.25, -0.2) is 9.79 Å². The lowest BCUT2D eigenvalue weighted by atomic mass is 10.2. The Balaban J connectivity index is 1.93. The fourth-order valence-corrected chi connectivity index (χ4v) is 1.78. The van der Waals surface area contributed by atoms with Crippen LogP contribution in [0.15, 0.2) is 39.6 Å². The van der Waals surface area contributed by atoms with Gasteiger partial charge in [0.25, 0.3) is 0 Å².